The average Bonchev–Trinajstić information content (AvgIpc) is 2.46. The largest absolute Gasteiger partial charge is 0.493 e. The molecule has 0 radical (unpaired) electrons. The minimum Gasteiger partial charge on any atom is -0.493 e. The van der Waals surface area contributed by atoms with Crippen LogP contribution >= 0.6 is 12.2 Å². The number of ether oxygens (including phenoxy) is 2. The van der Waals surface area contributed by atoms with Crippen molar-refractivity contribution in [2.75, 3.05) is 20.8 Å². The van der Waals surface area contributed by atoms with Gasteiger partial charge in [0.15, 0.2) is 16.6 Å². The third kappa shape index (κ3) is 5.79. The number of methoxy groups -OCH3 is 2. The van der Waals surface area contributed by atoms with Crippen molar-refractivity contribution in [2.45, 2.75) is 39.2 Å². The van der Waals surface area contributed by atoms with Crippen molar-refractivity contribution in [3.8, 4) is 11.5 Å². The summed E-state index contributed by atoms with van der Waals surface area (Å²) in [6.07, 6.45) is 1.89. The Morgan fingerprint density at radius 1 is 1.19 bits per heavy atom. The van der Waals surface area contributed by atoms with E-state index in [9.17, 15) is 0 Å². The Kier molecular flexibility index (Phi) is 6.75. The van der Waals surface area contributed by atoms with Crippen LogP contribution in [-0.4, -0.2) is 31.4 Å². The standard InChI is InChI=1S/C16H26N2O2S/c1-6-16(2,3)18-15(21)17-10-9-12-7-8-13(19-4)14(11-12)20-5/h7-8,11H,6,9-10H2,1-5H3,(H2,17,18,21). The Hall–Kier alpha value is -1.49. The predicted octanol–water partition coefficient (Wildman–Crippen LogP) is 2.90. The molecule has 0 saturated carbocycles. The lowest BCUT2D eigenvalue weighted by Gasteiger charge is -2.26. The molecule has 0 aliphatic carbocycles. The topological polar surface area (TPSA) is 42.5 Å². The molecule has 0 saturated heterocycles. The Bertz CT molecular complexity index is 475. The minimum absolute atomic E-state index is 0.0212. The average molecular weight is 310 g/mol. The van der Waals surface area contributed by atoms with E-state index < -0.39 is 0 Å². The van der Waals surface area contributed by atoms with Gasteiger partial charge in [0.2, 0.25) is 0 Å². The van der Waals surface area contributed by atoms with Crippen molar-refractivity contribution in [1.82, 2.24) is 10.6 Å². The lowest BCUT2D eigenvalue weighted by molar-refractivity contribution is 0.354. The van der Waals surface area contributed by atoms with Crippen LogP contribution in [0.15, 0.2) is 18.2 Å². The molecule has 0 aromatic heterocycles. The molecule has 1 aromatic rings. The second-order valence-electron chi connectivity index (χ2n) is 5.56. The molecule has 0 fully saturated rings. The van der Waals surface area contributed by atoms with E-state index in [1.165, 1.54) is 5.56 Å². The maximum Gasteiger partial charge on any atom is 0.166 e. The van der Waals surface area contributed by atoms with Crippen molar-refractivity contribution in [1.29, 1.82) is 0 Å². The van der Waals surface area contributed by atoms with Gasteiger partial charge in [0, 0.05) is 12.1 Å². The van der Waals surface area contributed by atoms with Gasteiger partial charge in [-0.05, 0) is 56.6 Å². The van der Waals surface area contributed by atoms with Gasteiger partial charge in [0.05, 0.1) is 14.2 Å². The molecule has 0 bridgehead atoms. The normalized spacial score (nSPS) is 10.9. The minimum atomic E-state index is 0.0212. The zero-order valence-corrected chi connectivity index (χ0v) is 14.4. The fourth-order valence-corrected chi connectivity index (χ4v) is 2.17. The molecule has 0 amide bonds. The molecule has 1 rings (SSSR count). The molecule has 118 valence electrons. The second kappa shape index (κ2) is 8.08. The SMILES string of the molecule is CCC(C)(C)NC(=S)NCCc1ccc(OC)c(OC)c1. The highest BCUT2D eigenvalue weighted by atomic mass is 32.1. The Morgan fingerprint density at radius 2 is 1.86 bits per heavy atom. The lowest BCUT2D eigenvalue weighted by atomic mass is 10.0. The Morgan fingerprint density at radius 3 is 2.43 bits per heavy atom. The fraction of sp³-hybridized carbons (Fsp3) is 0.562. The van der Waals surface area contributed by atoms with Crippen molar-refractivity contribution in [3.63, 3.8) is 0 Å². The molecule has 0 spiro atoms. The molecule has 2 N–H and O–H groups in total. The number of nitrogens with one attached hydrogen (secondary N) is 2. The monoisotopic (exact) mass is 310 g/mol. The first-order chi connectivity index (χ1) is 9.91. The number of thiocarbonyl (C=S) groups is 1. The van der Waals surface area contributed by atoms with E-state index in [1.807, 2.05) is 18.2 Å². The fourth-order valence-electron chi connectivity index (χ4n) is 1.80. The molecular formula is C16H26N2O2S. The van der Waals surface area contributed by atoms with Crippen LogP contribution in [0, 0.1) is 0 Å². The van der Waals surface area contributed by atoms with E-state index in [2.05, 4.69) is 31.4 Å². The summed E-state index contributed by atoms with van der Waals surface area (Å²) in [5.41, 5.74) is 1.20. The van der Waals surface area contributed by atoms with Gasteiger partial charge < -0.3 is 20.1 Å². The first kappa shape index (κ1) is 17.6. The molecule has 1 aromatic carbocycles. The van der Waals surface area contributed by atoms with Crippen LogP contribution in [0.2, 0.25) is 0 Å². The van der Waals surface area contributed by atoms with E-state index in [-0.39, 0.29) is 5.54 Å². The van der Waals surface area contributed by atoms with Gasteiger partial charge in [-0.3, -0.25) is 0 Å². The zero-order chi connectivity index (χ0) is 15.9. The van der Waals surface area contributed by atoms with Crippen molar-refractivity contribution in [2.24, 2.45) is 0 Å². The summed E-state index contributed by atoms with van der Waals surface area (Å²) in [6.45, 7) is 7.19. The highest BCUT2D eigenvalue weighted by Crippen LogP contribution is 2.27. The van der Waals surface area contributed by atoms with Gasteiger partial charge in [0.1, 0.15) is 0 Å². The van der Waals surface area contributed by atoms with Gasteiger partial charge >= 0.3 is 0 Å². The number of benzene rings is 1. The van der Waals surface area contributed by atoms with Crippen LogP contribution < -0.4 is 20.1 Å². The smallest absolute Gasteiger partial charge is 0.166 e. The van der Waals surface area contributed by atoms with E-state index in [1.54, 1.807) is 14.2 Å². The van der Waals surface area contributed by atoms with Gasteiger partial charge in [-0.1, -0.05) is 13.0 Å². The molecule has 0 atom stereocenters. The molecule has 0 aliphatic rings. The molecule has 4 nitrogen and oxygen atoms in total. The van der Waals surface area contributed by atoms with Crippen molar-refractivity contribution >= 4 is 17.3 Å². The molecule has 21 heavy (non-hydrogen) atoms. The summed E-state index contributed by atoms with van der Waals surface area (Å²) in [7, 11) is 3.28. The van der Waals surface area contributed by atoms with Crippen LogP contribution in [0.5, 0.6) is 11.5 Å². The van der Waals surface area contributed by atoms with Gasteiger partial charge in [0.25, 0.3) is 0 Å². The summed E-state index contributed by atoms with van der Waals surface area (Å²) in [6, 6.07) is 5.95. The molecule has 5 heteroatoms. The summed E-state index contributed by atoms with van der Waals surface area (Å²) in [5, 5.41) is 7.24. The molecule has 0 heterocycles. The Labute approximate surface area is 133 Å². The molecular weight excluding hydrogens is 284 g/mol. The maximum atomic E-state index is 5.31. The van der Waals surface area contributed by atoms with Crippen molar-refractivity contribution < 1.29 is 9.47 Å². The summed E-state index contributed by atoms with van der Waals surface area (Å²) in [5.74, 6) is 1.50. The maximum absolute atomic E-state index is 5.31. The van der Waals surface area contributed by atoms with Crippen LogP contribution in [0.3, 0.4) is 0 Å². The molecule has 0 aliphatic heterocycles. The summed E-state index contributed by atoms with van der Waals surface area (Å²) >= 11 is 5.31. The number of rotatable bonds is 7. The predicted molar refractivity (Wildman–Crippen MR) is 91.4 cm³/mol. The molecule has 0 unspecified atom stereocenters. The third-order valence-corrected chi connectivity index (χ3v) is 3.73. The first-order valence-corrected chi connectivity index (χ1v) is 7.59. The van der Waals surface area contributed by atoms with Gasteiger partial charge in [-0.25, -0.2) is 0 Å². The number of hydrogen-bond donors (Lipinski definition) is 2. The highest BCUT2D eigenvalue weighted by molar-refractivity contribution is 7.80. The van der Waals surface area contributed by atoms with Crippen LogP contribution in [-0.2, 0) is 6.42 Å². The lowest BCUT2D eigenvalue weighted by Crippen LogP contribution is -2.48. The van der Waals surface area contributed by atoms with Crippen molar-refractivity contribution in [3.05, 3.63) is 23.8 Å². The first-order valence-electron chi connectivity index (χ1n) is 7.18. The van der Waals surface area contributed by atoms with E-state index >= 15 is 0 Å². The van der Waals surface area contributed by atoms with Gasteiger partial charge in [-0.15, -0.1) is 0 Å². The van der Waals surface area contributed by atoms with Gasteiger partial charge in [-0.2, -0.15) is 0 Å². The summed E-state index contributed by atoms with van der Waals surface area (Å²) < 4.78 is 10.5. The highest BCUT2D eigenvalue weighted by Gasteiger charge is 2.15. The quantitative estimate of drug-likeness (QED) is 0.758. The van der Waals surface area contributed by atoms with Crippen LogP contribution in [0.1, 0.15) is 32.8 Å². The van der Waals surface area contributed by atoms with Crippen LogP contribution in [0.4, 0.5) is 0 Å². The van der Waals surface area contributed by atoms with E-state index in [0.717, 1.165) is 30.9 Å². The number of hydrogen-bond acceptors (Lipinski definition) is 3. The zero-order valence-electron chi connectivity index (χ0n) is 13.6. The second-order valence-corrected chi connectivity index (χ2v) is 5.97. The van der Waals surface area contributed by atoms with E-state index in [4.69, 9.17) is 21.7 Å². The van der Waals surface area contributed by atoms with E-state index in [0.29, 0.717) is 5.11 Å². The van der Waals surface area contributed by atoms with Crippen LogP contribution in [0.25, 0.3) is 0 Å². The Balaban J connectivity index is 2.47. The summed E-state index contributed by atoms with van der Waals surface area (Å²) in [4.78, 5) is 0. The third-order valence-electron chi connectivity index (χ3n) is 3.48.